The molecular weight excluding hydrogens is 338 g/mol. The molecule has 1 aromatic heterocycles. The number of fused-ring (bicyclic) bond motifs is 1. The Labute approximate surface area is 147 Å². The maximum absolute atomic E-state index is 13.1. The van der Waals surface area contributed by atoms with Gasteiger partial charge in [0.1, 0.15) is 11.3 Å². The van der Waals surface area contributed by atoms with Gasteiger partial charge in [-0.3, -0.25) is 14.9 Å². The number of para-hydroxylation sites is 2. The van der Waals surface area contributed by atoms with Crippen LogP contribution in [0.15, 0.2) is 48.5 Å². The van der Waals surface area contributed by atoms with Crippen LogP contribution in [0.4, 0.5) is 16.2 Å². The molecule has 26 heavy (non-hydrogen) atoms. The minimum atomic E-state index is -0.776. The number of nitrogen functional groups attached to an aromatic ring is 1. The second-order valence-corrected chi connectivity index (χ2v) is 5.42. The Kier molecular flexibility index (Phi) is 4.40. The zero-order valence-electron chi connectivity index (χ0n) is 13.8. The number of carbonyl (C=O) groups excluding carboxylic acids is 2. The number of anilines is 1. The van der Waals surface area contributed by atoms with Crippen LogP contribution in [0, 0.1) is 10.1 Å². The standard InChI is InChI=1S/C18H15N3O5/c1-2-26-18(23)20-13-9-5-3-7-11(13)15(19)16(20)17(22)12-8-4-6-10-14(12)21(24)25/h3-10H,2,19H2,1H3. The Morgan fingerprint density at radius 1 is 1.15 bits per heavy atom. The number of carbonyl (C=O) groups is 2. The van der Waals surface area contributed by atoms with Gasteiger partial charge in [-0.25, -0.2) is 9.36 Å². The molecule has 0 unspecified atom stereocenters. The number of ether oxygens (including phenoxy) is 1. The van der Waals surface area contributed by atoms with E-state index < -0.39 is 16.8 Å². The Hall–Kier alpha value is -3.68. The fourth-order valence-electron chi connectivity index (χ4n) is 2.82. The highest BCUT2D eigenvalue weighted by Gasteiger charge is 2.30. The minimum absolute atomic E-state index is 0.0665. The molecule has 8 heteroatoms. The molecule has 0 radical (unpaired) electrons. The first-order chi connectivity index (χ1) is 12.5. The number of ketones is 1. The van der Waals surface area contributed by atoms with Crippen molar-refractivity contribution in [2.45, 2.75) is 6.92 Å². The van der Waals surface area contributed by atoms with E-state index in [0.717, 1.165) is 4.57 Å². The van der Waals surface area contributed by atoms with Crippen molar-refractivity contribution in [2.24, 2.45) is 0 Å². The minimum Gasteiger partial charge on any atom is -0.449 e. The number of benzene rings is 2. The van der Waals surface area contributed by atoms with Gasteiger partial charge in [0.2, 0.25) is 5.78 Å². The van der Waals surface area contributed by atoms with E-state index in [1.54, 1.807) is 31.2 Å². The molecular formula is C18H15N3O5. The molecule has 0 amide bonds. The van der Waals surface area contributed by atoms with Crippen LogP contribution in [0.1, 0.15) is 23.0 Å². The van der Waals surface area contributed by atoms with E-state index in [1.807, 2.05) is 0 Å². The summed E-state index contributed by atoms with van der Waals surface area (Å²) in [4.78, 5) is 36.1. The molecule has 1 heterocycles. The maximum Gasteiger partial charge on any atom is 0.419 e. The molecule has 0 aliphatic heterocycles. The summed E-state index contributed by atoms with van der Waals surface area (Å²) in [5.41, 5.74) is 5.91. The van der Waals surface area contributed by atoms with Crippen LogP contribution < -0.4 is 5.73 Å². The van der Waals surface area contributed by atoms with Gasteiger partial charge in [-0.1, -0.05) is 30.3 Å². The van der Waals surface area contributed by atoms with E-state index in [9.17, 15) is 19.7 Å². The van der Waals surface area contributed by atoms with Gasteiger partial charge in [0.15, 0.2) is 0 Å². The highest BCUT2D eigenvalue weighted by atomic mass is 16.6. The maximum atomic E-state index is 13.1. The lowest BCUT2D eigenvalue weighted by molar-refractivity contribution is -0.385. The number of hydrogen-bond acceptors (Lipinski definition) is 6. The van der Waals surface area contributed by atoms with Crippen molar-refractivity contribution in [1.29, 1.82) is 0 Å². The van der Waals surface area contributed by atoms with Crippen LogP contribution in [-0.4, -0.2) is 28.0 Å². The van der Waals surface area contributed by atoms with E-state index in [0.29, 0.717) is 10.9 Å². The fourth-order valence-corrected chi connectivity index (χ4v) is 2.82. The molecule has 0 atom stereocenters. The zero-order chi connectivity index (χ0) is 18.8. The van der Waals surface area contributed by atoms with Gasteiger partial charge in [-0.15, -0.1) is 0 Å². The van der Waals surface area contributed by atoms with Crippen molar-refractivity contribution in [2.75, 3.05) is 12.3 Å². The smallest absolute Gasteiger partial charge is 0.419 e. The van der Waals surface area contributed by atoms with E-state index >= 15 is 0 Å². The number of nitrogens with zero attached hydrogens (tertiary/aromatic N) is 2. The normalized spacial score (nSPS) is 10.7. The van der Waals surface area contributed by atoms with E-state index in [4.69, 9.17) is 10.5 Å². The van der Waals surface area contributed by atoms with E-state index in [-0.39, 0.29) is 29.2 Å². The number of rotatable bonds is 4. The van der Waals surface area contributed by atoms with Crippen molar-refractivity contribution in [3.8, 4) is 0 Å². The third kappa shape index (κ3) is 2.67. The Morgan fingerprint density at radius 3 is 2.50 bits per heavy atom. The molecule has 0 bridgehead atoms. The predicted octanol–water partition coefficient (Wildman–Crippen LogP) is 3.37. The number of aromatic nitrogens is 1. The quantitative estimate of drug-likeness (QED) is 0.436. The molecule has 8 nitrogen and oxygen atoms in total. The van der Waals surface area contributed by atoms with Crippen molar-refractivity contribution in [3.05, 3.63) is 69.9 Å². The summed E-state index contributed by atoms with van der Waals surface area (Å²) in [5.74, 6) is -0.723. The number of nitro benzene ring substituents is 1. The van der Waals surface area contributed by atoms with Crippen LogP contribution >= 0.6 is 0 Å². The number of hydrogen-bond donors (Lipinski definition) is 1. The Morgan fingerprint density at radius 2 is 1.81 bits per heavy atom. The van der Waals surface area contributed by atoms with Crippen LogP contribution in [0.3, 0.4) is 0 Å². The topological polar surface area (TPSA) is 117 Å². The van der Waals surface area contributed by atoms with Crippen LogP contribution in [0.25, 0.3) is 10.9 Å². The van der Waals surface area contributed by atoms with Crippen LogP contribution in [-0.2, 0) is 4.74 Å². The van der Waals surface area contributed by atoms with Crippen LogP contribution in [0.2, 0.25) is 0 Å². The number of nitrogens with two attached hydrogens (primary N) is 1. The van der Waals surface area contributed by atoms with E-state index in [2.05, 4.69) is 0 Å². The lowest BCUT2D eigenvalue weighted by Gasteiger charge is -2.09. The van der Waals surface area contributed by atoms with Crippen molar-refractivity contribution in [3.63, 3.8) is 0 Å². The van der Waals surface area contributed by atoms with Gasteiger partial charge in [0.25, 0.3) is 5.69 Å². The second-order valence-electron chi connectivity index (χ2n) is 5.42. The summed E-state index contributed by atoms with van der Waals surface area (Å²) in [6.07, 6.45) is -0.776. The summed E-state index contributed by atoms with van der Waals surface area (Å²) in [5, 5.41) is 11.7. The molecule has 3 rings (SSSR count). The third-order valence-electron chi connectivity index (χ3n) is 3.92. The van der Waals surface area contributed by atoms with E-state index in [1.165, 1.54) is 24.3 Å². The molecule has 3 aromatic rings. The monoisotopic (exact) mass is 353 g/mol. The first-order valence-electron chi connectivity index (χ1n) is 7.81. The first-order valence-corrected chi connectivity index (χ1v) is 7.81. The molecule has 0 saturated heterocycles. The van der Waals surface area contributed by atoms with Gasteiger partial charge in [0, 0.05) is 11.5 Å². The van der Waals surface area contributed by atoms with Gasteiger partial charge in [-0.05, 0) is 19.1 Å². The fraction of sp³-hybridized carbons (Fsp3) is 0.111. The lowest BCUT2D eigenvalue weighted by atomic mass is 10.0. The largest absolute Gasteiger partial charge is 0.449 e. The summed E-state index contributed by atoms with van der Waals surface area (Å²) < 4.78 is 6.10. The first kappa shape index (κ1) is 17.2. The molecule has 0 spiro atoms. The summed E-state index contributed by atoms with van der Waals surface area (Å²) in [6, 6.07) is 12.2. The molecule has 2 aromatic carbocycles. The molecule has 2 N–H and O–H groups in total. The van der Waals surface area contributed by atoms with Gasteiger partial charge < -0.3 is 10.5 Å². The number of nitro groups is 1. The predicted molar refractivity (Wildman–Crippen MR) is 95.3 cm³/mol. The van der Waals surface area contributed by atoms with Gasteiger partial charge in [0.05, 0.1) is 22.7 Å². The Bertz CT molecular complexity index is 1040. The van der Waals surface area contributed by atoms with Gasteiger partial charge >= 0.3 is 6.09 Å². The highest BCUT2D eigenvalue weighted by Crippen LogP contribution is 2.32. The van der Waals surface area contributed by atoms with Crippen LogP contribution in [0.5, 0.6) is 0 Å². The molecule has 0 fully saturated rings. The van der Waals surface area contributed by atoms with Crippen molar-refractivity contribution < 1.29 is 19.2 Å². The average molecular weight is 353 g/mol. The lowest BCUT2D eigenvalue weighted by Crippen LogP contribution is -2.20. The Balaban J connectivity index is 2.30. The van der Waals surface area contributed by atoms with Crippen molar-refractivity contribution >= 4 is 34.2 Å². The van der Waals surface area contributed by atoms with Gasteiger partial charge in [-0.2, -0.15) is 0 Å². The molecule has 0 saturated carbocycles. The SMILES string of the molecule is CCOC(=O)n1c(C(=O)c2ccccc2[N+](=O)[O-])c(N)c2ccccc21. The molecule has 132 valence electrons. The average Bonchev–Trinajstić information content (AvgIpc) is 2.94. The summed E-state index contributed by atoms with van der Waals surface area (Å²) >= 11 is 0. The van der Waals surface area contributed by atoms with Crippen molar-refractivity contribution in [1.82, 2.24) is 4.57 Å². The molecule has 0 aliphatic rings. The summed E-state index contributed by atoms with van der Waals surface area (Å²) in [6.45, 7) is 1.74. The second kappa shape index (κ2) is 6.67. The highest BCUT2D eigenvalue weighted by molar-refractivity contribution is 6.19. The third-order valence-corrected chi connectivity index (χ3v) is 3.92. The zero-order valence-corrected chi connectivity index (χ0v) is 13.8. The summed E-state index contributed by atoms with van der Waals surface area (Å²) in [7, 11) is 0. The molecule has 0 aliphatic carbocycles.